The molecule has 2 saturated heterocycles. The lowest BCUT2D eigenvalue weighted by molar-refractivity contribution is 0.200. The molecule has 2 aliphatic heterocycles. The molecule has 1 aromatic rings. The third-order valence-corrected chi connectivity index (χ3v) is 4.19. The monoisotopic (exact) mass is 236 g/mol. The van der Waals surface area contributed by atoms with Crippen LogP contribution >= 0.6 is 11.6 Å². The SMILES string of the molecule is Cc1ccc(Cl)cc1N1CCC2(CNC2)C1. The van der Waals surface area contributed by atoms with Crippen LogP contribution in [0.2, 0.25) is 5.02 Å². The molecule has 1 N–H and O–H groups in total. The molecule has 1 spiro atoms. The summed E-state index contributed by atoms with van der Waals surface area (Å²) in [5.41, 5.74) is 3.19. The smallest absolute Gasteiger partial charge is 0.0426 e. The molecule has 0 atom stereocenters. The van der Waals surface area contributed by atoms with Crippen molar-refractivity contribution in [3.05, 3.63) is 28.8 Å². The van der Waals surface area contributed by atoms with E-state index >= 15 is 0 Å². The van der Waals surface area contributed by atoms with E-state index in [0.29, 0.717) is 5.41 Å². The number of nitrogens with zero attached hydrogens (tertiary/aromatic N) is 1. The van der Waals surface area contributed by atoms with Gasteiger partial charge in [-0.25, -0.2) is 0 Å². The van der Waals surface area contributed by atoms with Crippen molar-refractivity contribution >= 4 is 17.3 Å². The first-order valence-electron chi connectivity index (χ1n) is 5.90. The van der Waals surface area contributed by atoms with Gasteiger partial charge in [0, 0.05) is 42.3 Å². The minimum atomic E-state index is 0.550. The predicted octanol–water partition coefficient (Wildman–Crippen LogP) is 2.45. The largest absolute Gasteiger partial charge is 0.371 e. The Morgan fingerprint density at radius 1 is 1.38 bits per heavy atom. The van der Waals surface area contributed by atoms with Crippen LogP contribution in [0.1, 0.15) is 12.0 Å². The van der Waals surface area contributed by atoms with Gasteiger partial charge in [-0.2, -0.15) is 0 Å². The number of hydrogen-bond acceptors (Lipinski definition) is 2. The average Bonchev–Trinajstić information content (AvgIpc) is 2.66. The van der Waals surface area contributed by atoms with Crippen LogP contribution in [-0.2, 0) is 0 Å². The van der Waals surface area contributed by atoms with Gasteiger partial charge in [-0.15, -0.1) is 0 Å². The van der Waals surface area contributed by atoms with Crippen molar-refractivity contribution in [2.45, 2.75) is 13.3 Å². The highest BCUT2D eigenvalue weighted by Gasteiger charge is 2.43. The fraction of sp³-hybridized carbons (Fsp3) is 0.538. The van der Waals surface area contributed by atoms with Gasteiger partial charge in [0.05, 0.1) is 0 Å². The molecule has 1 aromatic carbocycles. The second kappa shape index (κ2) is 3.64. The van der Waals surface area contributed by atoms with Gasteiger partial charge in [0.25, 0.3) is 0 Å². The number of hydrogen-bond donors (Lipinski definition) is 1. The predicted molar refractivity (Wildman–Crippen MR) is 68.3 cm³/mol. The van der Waals surface area contributed by atoms with Crippen LogP contribution < -0.4 is 10.2 Å². The summed E-state index contributed by atoms with van der Waals surface area (Å²) in [7, 11) is 0. The molecule has 0 aromatic heterocycles. The highest BCUT2D eigenvalue weighted by atomic mass is 35.5. The van der Waals surface area contributed by atoms with Crippen molar-refractivity contribution in [3.8, 4) is 0 Å². The molecule has 2 fully saturated rings. The minimum Gasteiger partial charge on any atom is -0.371 e. The third-order valence-electron chi connectivity index (χ3n) is 3.95. The van der Waals surface area contributed by atoms with Gasteiger partial charge >= 0.3 is 0 Å². The maximum atomic E-state index is 6.08. The van der Waals surface area contributed by atoms with E-state index < -0.39 is 0 Å². The number of anilines is 1. The lowest BCUT2D eigenvalue weighted by atomic mass is 9.81. The standard InChI is InChI=1S/C13H17ClN2/c1-10-2-3-11(14)6-12(10)16-5-4-13(9-16)7-15-8-13/h2-3,6,15H,4-5,7-9H2,1H3. The zero-order valence-corrected chi connectivity index (χ0v) is 10.3. The molecule has 0 unspecified atom stereocenters. The molecule has 0 amide bonds. The van der Waals surface area contributed by atoms with E-state index in [2.05, 4.69) is 29.3 Å². The summed E-state index contributed by atoms with van der Waals surface area (Å²) in [5.74, 6) is 0. The van der Waals surface area contributed by atoms with Crippen LogP contribution in [0.5, 0.6) is 0 Å². The van der Waals surface area contributed by atoms with Gasteiger partial charge in [-0.05, 0) is 31.0 Å². The second-order valence-electron chi connectivity index (χ2n) is 5.21. The van der Waals surface area contributed by atoms with Crippen molar-refractivity contribution in [2.75, 3.05) is 31.1 Å². The summed E-state index contributed by atoms with van der Waals surface area (Å²) in [5, 5.41) is 4.23. The molecule has 0 aliphatic carbocycles. The van der Waals surface area contributed by atoms with E-state index in [4.69, 9.17) is 11.6 Å². The third kappa shape index (κ3) is 1.61. The molecular formula is C13H17ClN2. The van der Waals surface area contributed by atoms with Crippen molar-refractivity contribution in [1.29, 1.82) is 0 Å². The molecule has 2 aliphatic rings. The quantitative estimate of drug-likeness (QED) is 0.806. The Morgan fingerprint density at radius 2 is 2.19 bits per heavy atom. The molecular weight excluding hydrogens is 220 g/mol. The van der Waals surface area contributed by atoms with Crippen molar-refractivity contribution in [1.82, 2.24) is 5.32 Å². The zero-order chi connectivity index (χ0) is 11.2. The highest BCUT2D eigenvalue weighted by molar-refractivity contribution is 6.30. The topological polar surface area (TPSA) is 15.3 Å². The van der Waals surface area contributed by atoms with Gasteiger partial charge in [-0.1, -0.05) is 17.7 Å². The molecule has 0 saturated carbocycles. The lowest BCUT2D eigenvalue weighted by Gasteiger charge is -2.39. The lowest BCUT2D eigenvalue weighted by Crippen LogP contribution is -2.54. The van der Waals surface area contributed by atoms with E-state index in [9.17, 15) is 0 Å². The molecule has 3 rings (SSSR count). The molecule has 16 heavy (non-hydrogen) atoms. The minimum absolute atomic E-state index is 0.550. The van der Waals surface area contributed by atoms with Crippen LogP contribution in [0, 0.1) is 12.3 Å². The summed E-state index contributed by atoms with van der Waals surface area (Å²) >= 11 is 6.08. The van der Waals surface area contributed by atoms with Crippen LogP contribution in [-0.4, -0.2) is 26.2 Å². The molecule has 2 nitrogen and oxygen atoms in total. The Bertz CT molecular complexity index is 412. The van der Waals surface area contributed by atoms with Gasteiger partial charge in [0.15, 0.2) is 0 Å². The van der Waals surface area contributed by atoms with Crippen LogP contribution in [0.15, 0.2) is 18.2 Å². The van der Waals surface area contributed by atoms with Crippen LogP contribution in [0.3, 0.4) is 0 Å². The highest BCUT2D eigenvalue weighted by Crippen LogP contribution is 2.38. The van der Waals surface area contributed by atoms with Crippen molar-refractivity contribution in [3.63, 3.8) is 0 Å². The van der Waals surface area contributed by atoms with E-state index in [1.54, 1.807) is 0 Å². The Balaban J connectivity index is 1.85. The maximum absolute atomic E-state index is 6.08. The van der Waals surface area contributed by atoms with Crippen LogP contribution in [0.25, 0.3) is 0 Å². The normalized spacial score (nSPS) is 22.5. The van der Waals surface area contributed by atoms with Gasteiger partial charge < -0.3 is 10.2 Å². The van der Waals surface area contributed by atoms with Gasteiger partial charge in [-0.3, -0.25) is 0 Å². The number of benzene rings is 1. The van der Waals surface area contributed by atoms with E-state index in [0.717, 1.165) is 5.02 Å². The second-order valence-corrected chi connectivity index (χ2v) is 5.64. The van der Waals surface area contributed by atoms with Gasteiger partial charge in [0.1, 0.15) is 0 Å². The summed E-state index contributed by atoms with van der Waals surface area (Å²) < 4.78 is 0. The Hall–Kier alpha value is -0.730. The first-order chi connectivity index (χ1) is 7.69. The summed E-state index contributed by atoms with van der Waals surface area (Å²) in [6, 6.07) is 6.18. The summed E-state index contributed by atoms with van der Waals surface area (Å²) in [6.45, 7) is 6.88. The van der Waals surface area contributed by atoms with Gasteiger partial charge in [0.2, 0.25) is 0 Å². The van der Waals surface area contributed by atoms with E-state index in [1.165, 1.54) is 43.9 Å². The zero-order valence-electron chi connectivity index (χ0n) is 9.59. The fourth-order valence-electron chi connectivity index (χ4n) is 2.83. The number of nitrogens with one attached hydrogen (secondary N) is 1. The summed E-state index contributed by atoms with van der Waals surface area (Å²) in [4.78, 5) is 2.49. The van der Waals surface area contributed by atoms with E-state index in [-0.39, 0.29) is 0 Å². The number of aryl methyl sites for hydroxylation is 1. The van der Waals surface area contributed by atoms with Crippen molar-refractivity contribution < 1.29 is 0 Å². The number of halogens is 1. The Morgan fingerprint density at radius 3 is 2.81 bits per heavy atom. The van der Waals surface area contributed by atoms with Crippen molar-refractivity contribution in [2.24, 2.45) is 5.41 Å². The molecule has 86 valence electrons. The van der Waals surface area contributed by atoms with Crippen LogP contribution in [0.4, 0.5) is 5.69 Å². The molecule has 0 radical (unpaired) electrons. The molecule has 3 heteroatoms. The van der Waals surface area contributed by atoms with E-state index in [1.807, 2.05) is 6.07 Å². The molecule has 2 heterocycles. The Kier molecular flexibility index (Phi) is 2.37. The fourth-order valence-corrected chi connectivity index (χ4v) is 3.00. The first kappa shape index (κ1) is 10.4. The summed E-state index contributed by atoms with van der Waals surface area (Å²) in [6.07, 6.45) is 1.31. The number of rotatable bonds is 1. The molecule has 0 bridgehead atoms. The Labute approximate surface area is 102 Å². The average molecular weight is 237 g/mol. The maximum Gasteiger partial charge on any atom is 0.0426 e. The first-order valence-corrected chi connectivity index (χ1v) is 6.28.